The van der Waals surface area contributed by atoms with Gasteiger partial charge in [-0.3, -0.25) is 0 Å². The van der Waals surface area contributed by atoms with Gasteiger partial charge in [-0.15, -0.1) is 0 Å². The average Bonchev–Trinajstić information content (AvgIpc) is 2.25. The van der Waals surface area contributed by atoms with Crippen LogP contribution in [0.3, 0.4) is 0 Å². The summed E-state index contributed by atoms with van der Waals surface area (Å²) in [4.78, 5) is 6.80. The van der Waals surface area contributed by atoms with Crippen molar-refractivity contribution in [2.75, 3.05) is 18.0 Å². The Bertz CT molecular complexity index is 299. The van der Waals surface area contributed by atoms with Crippen molar-refractivity contribution in [3.63, 3.8) is 0 Å². The number of anilines is 1. The fraction of sp³-hybridized carbons (Fsp3) is 0.583. The second-order valence-corrected chi connectivity index (χ2v) is 4.61. The van der Waals surface area contributed by atoms with Crippen LogP contribution in [0.25, 0.3) is 0 Å². The van der Waals surface area contributed by atoms with Crippen LogP contribution >= 0.6 is 15.9 Å². The highest BCUT2D eigenvalue weighted by molar-refractivity contribution is 9.08. The lowest BCUT2D eigenvalue weighted by Crippen LogP contribution is -2.28. The first-order valence-electron chi connectivity index (χ1n) is 5.43. The Kier molecular flexibility index (Phi) is 5.09. The van der Waals surface area contributed by atoms with Crippen molar-refractivity contribution in [2.45, 2.75) is 26.1 Å². The van der Waals surface area contributed by atoms with E-state index in [2.05, 4.69) is 52.7 Å². The van der Waals surface area contributed by atoms with Crippen LogP contribution in [0.4, 0.5) is 5.82 Å². The summed E-state index contributed by atoms with van der Waals surface area (Å²) in [5, 5.41) is 0.866. The van der Waals surface area contributed by atoms with E-state index in [4.69, 9.17) is 0 Å². The lowest BCUT2D eigenvalue weighted by Gasteiger charge is -2.25. The minimum absolute atomic E-state index is 0.662. The molecule has 0 radical (unpaired) electrons. The first-order valence-corrected chi connectivity index (χ1v) is 6.56. The fourth-order valence-corrected chi connectivity index (χ4v) is 2.06. The van der Waals surface area contributed by atoms with Crippen molar-refractivity contribution in [3.05, 3.63) is 23.9 Å². The molecule has 0 saturated carbocycles. The third-order valence-corrected chi connectivity index (χ3v) is 2.88. The maximum Gasteiger partial charge on any atom is 0.132 e. The fourth-order valence-electron chi connectivity index (χ4n) is 1.63. The normalized spacial score (nSPS) is 10.7. The summed E-state index contributed by atoms with van der Waals surface area (Å²) < 4.78 is 0. The van der Waals surface area contributed by atoms with E-state index in [1.807, 2.05) is 12.3 Å². The molecule has 0 unspecified atom stereocenters. The zero-order valence-electron chi connectivity index (χ0n) is 9.70. The molecule has 0 aliphatic heterocycles. The van der Waals surface area contributed by atoms with Gasteiger partial charge in [-0.25, -0.2) is 4.98 Å². The molecule has 0 amide bonds. The summed E-state index contributed by atoms with van der Waals surface area (Å²) in [5.41, 5.74) is 1.26. The molecular weight excluding hydrogens is 252 g/mol. The number of rotatable bonds is 5. The lowest BCUT2D eigenvalue weighted by atomic mass is 10.2. The van der Waals surface area contributed by atoms with Crippen molar-refractivity contribution in [1.82, 2.24) is 4.98 Å². The molecule has 1 aromatic heterocycles. The largest absolute Gasteiger partial charge is 0.356 e. The molecule has 0 spiro atoms. The molecular formula is C12H19BrN2. The number of pyridine rings is 1. The molecule has 0 aliphatic carbocycles. The summed E-state index contributed by atoms with van der Waals surface area (Å²) in [7, 11) is 0. The Balaban J connectivity index is 2.90. The molecule has 0 aromatic carbocycles. The Labute approximate surface area is 101 Å². The molecule has 3 heteroatoms. The highest BCUT2D eigenvalue weighted by Crippen LogP contribution is 2.20. The summed E-state index contributed by atoms with van der Waals surface area (Å²) >= 11 is 3.51. The molecule has 0 fully saturated rings. The van der Waals surface area contributed by atoms with E-state index < -0.39 is 0 Å². The van der Waals surface area contributed by atoms with Gasteiger partial charge in [0, 0.05) is 30.2 Å². The Hall–Kier alpha value is -0.570. The van der Waals surface area contributed by atoms with Gasteiger partial charge in [-0.05, 0) is 18.9 Å². The van der Waals surface area contributed by atoms with Crippen LogP contribution in [0, 0.1) is 5.92 Å². The number of hydrogen-bond donors (Lipinski definition) is 0. The van der Waals surface area contributed by atoms with Gasteiger partial charge < -0.3 is 4.90 Å². The Morgan fingerprint density at radius 2 is 2.20 bits per heavy atom. The predicted octanol–water partition coefficient (Wildman–Crippen LogP) is 3.46. The molecule has 84 valence electrons. The van der Waals surface area contributed by atoms with Crippen molar-refractivity contribution in [2.24, 2.45) is 5.92 Å². The number of alkyl halides is 1. The maximum absolute atomic E-state index is 4.47. The highest BCUT2D eigenvalue weighted by Gasteiger charge is 2.11. The van der Waals surface area contributed by atoms with Crippen molar-refractivity contribution < 1.29 is 0 Å². The van der Waals surface area contributed by atoms with E-state index in [0.29, 0.717) is 5.92 Å². The first kappa shape index (κ1) is 12.5. The second kappa shape index (κ2) is 6.11. The Morgan fingerprint density at radius 1 is 1.47 bits per heavy atom. The summed E-state index contributed by atoms with van der Waals surface area (Å²) in [6, 6.07) is 4.11. The van der Waals surface area contributed by atoms with Gasteiger partial charge in [-0.2, -0.15) is 0 Å². The topological polar surface area (TPSA) is 16.1 Å². The van der Waals surface area contributed by atoms with E-state index in [-0.39, 0.29) is 0 Å². The quantitative estimate of drug-likeness (QED) is 0.762. The van der Waals surface area contributed by atoms with Gasteiger partial charge in [0.15, 0.2) is 0 Å². The number of halogens is 1. The van der Waals surface area contributed by atoms with Crippen LogP contribution < -0.4 is 4.90 Å². The molecule has 1 heterocycles. The third-order valence-electron chi connectivity index (χ3n) is 2.28. The molecule has 2 nitrogen and oxygen atoms in total. The van der Waals surface area contributed by atoms with Gasteiger partial charge in [-0.1, -0.05) is 35.8 Å². The van der Waals surface area contributed by atoms with E-state index in [9.17, 15) is 0 Å². The standard InChI is InChI=1S/C12H19BrN2/c1-4-15(9-10(2)3)12-11(8-13)6-5-7-14-12/h5-7,10H,4,8-9H2,1-3H3. The van der Waals surface area contributed by atoms with Gasteiger partial charge in [0.05, 0.1) is 0 Å². The SMILES string of the molecule is CCN(CC(C)C)c1ncccc1CBr. The number of aromatic nitrogens is 1. The van der Waals surface area contributed by atoms with E-state index in [0.717, 1.165) is 24.2 Å². The van der Waals surface area contributed by atoms with Crippen LogP contribution in [0.1, 0.15) is 26.3 Å². The minimum atomic E-state index is 0.662. The van der Waals surface area contributed by atoms with Gasteiger partial charge in [0.1, 0.15) is 5.82 Å². The Morgan fingerprint density at radius 3 is 2.73 bits per heavy atom. The zero-order chi connectivity index (χ0) is 11.3. The number of nitrogens with zero attached hydrogens (tertiary/aromatic N) is 2. The molecule has 15 heavy (non-hydrogen) atoms. The van der Waals surface area contributed by atoms with Gasteiger partial charge in [0.25, 0.3) is 0 Å². The maximum atomic E-state index is 4.47. The van der Waals surface area contributed by atoms with Crippen LogP contribution in [0.15, 0.2) is 18.3 Å². The van der Waals surface area contributed by atoms with Crippen LogP contribution in [0.5, 0.6) is 0 Å². The van der Waals surface area contributed by atoms with Crippen molar-refractivity contribution in [1.29, 1.82) is 0 Å². The summed E-state index contributed by atoms with van der Waals surface area (Å²) in [5.74, 6) is 1.78. The monoisotopic (exact) mass is 270 g/mol. The first-order chi connectivity index (χ1) is 7.19. The van der Waals surface area contributed by atoms with Crippen molar-refractivity contribution >= 4 is 21.7 Å². The van der Waals surface area contributed by atoms with Crippen LogP contribution in [-0.4, -0.2) is 18.1 Å². The molecule has 0 bridgehead atoms. The summed E-state index contributed by atoms with van der Waals surface area (Å²) in [6.45, 7) is 8.72. The molecule has 0 N–H and O–H groups in total. The predicted molar refractivity (Wildman–Crippen MR) is 69.6 cm³/mol. The smallest absolute Gasteiger partial charge is 0.132 e. The third kappa shape index (κ3) is 3.49. The highest BCUT2D eigenvalue weighted by atomic mass is 79.9. The number of hydrogen-bond acceptors (Lipinski definition) is 2. The molecule has 0 atom stereocenters. The van der Waals surface area contributed by atoms with Gasteiger partial charge >= 0.3 is 0 Å². The molecule has 1 aromatic rings. The molecule has 0 aliphatic rings. The minimum Gasteiger partial charge on any atom is -0.356 e. The van der Waals surface area contributed by atoms with Gasteiger partial charge in [0.2, 0.25) is 0 Å². The average molecular weight is 271 g/mol. The van der Waals surface area contributed by atoms with E-state index >= 15 is 0 Å². The second-order valence-electron chi connectivity index (χ2n) is 4.05. The molecule has 0 saturated heterocycles. The van der Waals surface area contributed by atoms with E-state index in [1.54, 1.807) is 0 Å². The summed E-state index contributed by atoms with van der Waals surface area (Å²) in [6.07, 6.45) is 1.87. The van der Waals surface area contributed by atoms with Crippen LogP contribution in [-0.2, 0) is 5.33 Å². The van der Waals surface area contributed by atoms with Crippen LogP contribution in [0.2, 0.25) is 0 Å². The molecule has 1 rings (SSSR count). The zero-order valence-corrected chi connectivity index (χ0v) is 11.3. The lowest BCUT2D eigenvalue weighted by molar-refractivity contribution is 0.613. The van der Waals surface area contributed by atoms with E-state index in [1.165, 1.54) is 5.56 Å². The van der Waals surface area contributed by atoms with Crippen molar-refractivity contribution in [3.8, 4) is 0 Å².